The van der Waals surface area contributed by atoms with Crippen molar-refractivity contribution in [3.63, 3.8) is 0 Å². The van der Waals surface area contributed by atoms with Crippen LogP contribution in [0.3, 0.4) is 0 Å². The summed E-state index contributed by atoms with van der Waals surface area (Å²) in [4.78, 5) is 4.01. The number of aromatic nitrogens is 2. The van der Waals surface area contributed by atoms with Crippen LogP contribution >= 0.6 is 27.5 Å². The first-order chi connectivity index (χ1) is 5.29. The van der Waals surface area contributed by atoms with Gasteiger partial charge in [-0.2, -0.15) is 0 Å². The molecule has 0 unspecified atom stereocenters. The van der Waals surface area contributed by atoms with E-state index in [1.807, 2.05) is 0 Å². The van der Waals surface area contributed by atoms with Crippen molar-refractivity contribution in [2.24, 2.45) is 0 Å². The van der Waals surface area contributed by atoms with Crippen molar-refractivity contribution >= 4 is 27.5 Å². The van der Waals surface area contributed by atoms with Crippen molar-refractivity contribution in [3.8, 4) is 0 Å². The topological polar surface area (TPSA) is 17.8 Å². The third-order valence-corrected chi connectivity index (χ3v) is 2.28. The molecule has 2 nitrogen and oxygen atoms in total. The van der Waals surface area contributed by atoms with Crippen LogP contribution in [-0.4, -0.2) is 14.9 Å². The number of hydrogen-bond donors (Lipinski definition) is 0. The molecular formula is C7H10BrClN2. The predicted molar refractivity (Wildman–Crippen MR) is 50.4 cm³/mol. The van der Waals surface area contributed by atoms with Crippen LogP contribution < -0.4 is 0 Å². The van der Waals surface area contributed by atoms with Crippen LogP contribution in [0.5, 0.6) is 0 Å². The van der Waals surface area contributed by atoms with Gasteiger partial charge in [-0.05, 0) is 6.92 Å². The number of halogens is 2. The van der Waals surface area contributed by atoms with E-state index in [4.69, 9.17) is 11.6 Å². The van der Waals surface area contributed by atoms with Crippen molar-refractivity contribution in [1.29, 1.82) is 0 Å². The Balaban J connectivity index is 2.88. The molecule has 1 heterocycles. The maximum Gasteiger partial charge on any atom is 0.150 e. The molecule has 0 N–H and O–H groups in total. The number of alkyl halides is 1. The van der Waals surface area contributed by atoms with Gasteiger partial charge in [-0.25, -0.2) is 4.98 Å². The molecule has 0 bridgehead atoms. The van der Waals surface area contributed by atoms with Crippen molar-refractivity contribution in [1.82, 2.24) is 9.55 Å². The highest BCUT2D eigenvalue weighted by atomic mass is 79.9. The molecule has 1 rings (SSSR count). The summed E-state index contributed by atoms with van der Waals surface area (Å²) in [5.74, 6) is 0. The monoisotopic (exact) mass is 236 g/mol. The molecule has 0 saturated carbocycles. The largest absolute Gasteiger partial charge is 0.333 e. The molecule has 62 valence electrons. The minimum absolute atomic E-state index is 0.631. The van der Waals surface area contributed by atoms with Crippen LogP contribution in [0.15, 0.2) is 6.33 Å². The summed E-state index contributed by atoms with van der Waals surface area (Å²) in [5.41, 5.74) is 1.12. The second-order valence-electron chi connectivity index (χ2n) is 2.21. The fourth-order valence-electron chi connectivity index (χ4n) is 0.992. The van der Waals surface area contributed by atoms with Crippen molar-refractivity contribution < 1.29 is 0 Å². The third kappa shape index (κ3) is 1.97. The van der Waals surface area contributed by atoms with Gasteiger partial charge in [-0.3, -0.25) is 0 Å². The minimum Gasteiger partial charge on any atom is -0.333 e. The summed E-state index contributed by atoms with van der Waals surface area (Å²) < 4.78 is 2.06. The lowest BCUT2D eigenvalue weighted by atomic mass is 10.3. The van der Waals surface area contributed by atoms with Crippen molar-refractivity contribution in [2.75, 3.05) is 5.33 Å². The summed E-state index contributed by atoms with van der Waals surface area (Å²) in [6.07, 6.45) is 2.72. The highest BCUT2D eigenvalue weighted by Crippen LogP contribution is 2.14. The molecule has 1 aromatic rings. The molecule has 4 heteroatoms. The molecule has 0 aliphatic heterocycles. The minimum atomic E-state index is 0.631. The Morgan fingerprint density at radius 2 is 2.45 bits per heavy atom. The van der Waals surface area contributed by atoms with Gasteiger partial charge >= 0.3 is 0 Å². The van der Waals surface area contributed by atoms with Crippen LogP contribution in [0.25, 0.3) is 0 Å². The van der Waals surface area contributed by atoms with Gasteiger partial charge in [0, 0.05) is 18.3 Å². The van der Waals surface area contributed by atoms with E-state index < -0.39 is 0 Å². The first-order valence-electron chi connectivity index (χ1n) is 3.55. The summed E-state index contributed by atoms with van der Waals surface area (Å²) in [6.45, 7) is 3.01. The number of aryl methyl sites for hydroxylation is 1. The SMILES string of the molecule is CCn1cnc(Cl)c1CCBr. The third-order valence-electron chi connectivity index (χ3n) is 1.57. The Bertz CT molecular complexity index is 234. The maximum atomic E-state index is 5.85. The normalized spacial score (nSPS) is 10.5. The molecular weight excluding hydrogens is 227 g/mol. The molecule has 0 spiro atoms. The zero-order valence-corrected chi connectivity index (χ0v) is 8.69. The Kier molecular flexibility index (Phi) is 3.40. The highest BCUT2D eigenvalue weighted by molar-refractivity contribution is 9.09. The zero-order chi connectivity index (χ0) is 8.27. The van der Waals surface area contributed by atoms with Crippen LogP contribution in [0.1, 0.15) is 12.6 Å². The maximum absolute atomic E-state index is 5.85. The summed E-state index contributed by atoms with van der Waals surface area (Å²) >= 11 is 9.22. The van der Waals surface area contributed by atoms with Gasteiger partial charge < -0.3 is 4.57 Å². The molecule has 0 radical (unpaired) electrons. The second-order valence-corrected chi connectivity index (χ2v) is 3.36. The molecule has 0 atom stereocenters. The summed E-state index contributed by atoms with van der Waals surface area (Å²) in [6, 6.07) is 0. The molecule has 0 aliphatic rings. The first-order valence-corrected chi connectivity index (χ1v) is 5.05. The van der Waals surface area contributed by atoms with E-state index in [1.165, 1.54) is 0 Å². The molecule has 0 saturated heterocycles. The second kappa shape index (κ2) is 4.12. The molecule has 0 amide bonds. The summed E-state index contributed by atoms with van der Waals surface area (Å²) in [7, 11) is 0. The molecule has 0 fully saturated rings. The molecule has 0 aromatic carbocycles. The van der Waals surface area contributed by atoms with E-state index in [9.17, 15) is 0 Å². The van der Waals surface area contributed by atoms with Gasteiger partial charge in [0.25, 0.3) is 0 Å². The van der Waals surface area contributed by atoms with Gasteiger partial charge in [0.1, 0.15) is 5.15 Å². The molecule has 0 aliphatic carbocycles. The number of hydrogen-bond acceptors (Lipinski definition) is 1. The fraction of sp³-hybridized carbons (Fsp3) is 0.571. The average Bonchev–Trinajstić information content (AvgIpc) is 2.34. The summed E-state index contributed by atoms with van der Waals surface area (Å²) in [5, 5.41) is 1.56. The predicted octanol–water partition coefficient (Wildman–Crippen LogP) is 2.49. The zero-order valence-electron chi connectivity index (χ0n) is 6.35. The van der Waals surface area contributed by atoms with E-state index >= 15 is 0 Å². The van der Waals surface area contributed by atoms with Crippen LogP contribution in [-0.2, 0) is 13.0 Å². The Labute approximate surface area is 79.7 Å². The standard InChI is InChI=1S/C7H10BrClN2/c1-2-11-5-10-7(9)6(11)3-4-8/h5H,2-4H2,1H3. The average molecular weight is 238 g/mol. The Hall–Kier alpha value is -0.0200. The lowest BCUT2D eigenvalue weighted by Crippen LogP contribution is -1.99. The first kappa shape index (κ1) is 9.07. The van der Waals surface area contributed by atoms with Crippen molar-refractivity contribution in [2.45, 2.75) is 19.9 Å². The smallest absolute Gasteiger partial charge is 0.150 e. The Morgan fingerprint density at radius 3 is 3.00 bits per heavy atom. The van der Waals surface area contributed by atoms with Crippen LogP contribution in [0.2, 0.25) is 5.15 Å². The lowest BCUT2D eigenvalue weighted by molar-refractivity contribution is 0.719. The van der Waals surface area contributed by atoms with E-state index in [2.05, 4.69) is 32.4 Å². The molecule has 1 aromatic heterocycles. The number of rotatable bonds is 3. The van der Waals surface area contributed by atoms with Gasteiger partial charge in [0.05, 0.1) is 12.0 Å². The van der Waals surface area contributed by atoms with Crippen LogP contribution in [0, 0.1) is 0 Å². The number of nitrogens with zero attached hydrogens (tertiary/aromatic N) is 2. The van der Waals surface area contributed by atoms with Gasteiger partial charge in [-0.1, -0.05) is 27.5 Å². The van der Waals surface area contributed by atoms with E-state index in [1.54, 1.807) is 6.33 Å². The highest BCUT2D eigenvalue weighted by Gasteiger charge is 2.05. The quantitative estimate of drug-likeness (QED) is 0.739. The lowest BCUT2D eigenvalue weighted by Gasteiger charge is -2.02. The number of imidazole rings is 1. The van der Waals surface area contributed by atoms with Crippen LogP contribution in [0.4, 0.5) is 0 Å². The molecule has 11 heavy (non-hydrogen) atoms. The van der Waals surface area contributed by atoms with E-state index in [0.717, 1.165) is 24.0 Å². The Morgan fingerprint density at radius 1 is 1.73 bits per heavy atom. The van der Waals surface area contributed by atoms with Gasteiger partial charge in [0.2, 0.25) is 0 Å². The fourth-order valence-corrected chi connectivity index (χ4v) is 1.61. The van der Waals surface area contributed by atoms with Crippen molar-refractivity contribution in [3.05, 3.63) is 17.2 Å². The van der Waals surface area contributed by atoms with Gasteiger partial charge in [0.15, 0.2) is 0 Å². The van der Waals surface area contributed by atoms with Gasteiger partial charge in [-0.15, -0.1) is 0 Å². The van der Waals surface area contributed by atoms with E-state index in [0.29, 0.717) is 5.15 Å². The van der Waals surface area contributed by atoms with E-state index in [-0.39, 0.29) is 0 Å².